The maximum atomic E-state index is 13.1. The molecule has 1 aliphatic rings. The summed E-state index contributed by atoms with van der Waals surface area (Å²) in [6, 6.07) is 14.2. The van der Waals surface area contributed by atoms with Gasteiger partial charge >= 0.3 is 0 Å². The standard InChI is InChI=1S/C19H22ClNO3S/c1-3-13-4-6-14(7-5-13)17-18(19(17,21)12-24-2)25(22,23)16-10-8-15(20)9-11-16/h4-11,17-18H,3,12,21H2,1-2H3/t17-,18+,19-/m1/s1. The molecule has 0 spiro atoms. The third-order valence-corrected chi connectivity index (χ3v) is 7.48. The predicted molar refractivity (Wildman–Crippen MR) is 99.8 cm³/mol. The van der Waals surface area contributed by atoms with Crippen LogP contribution in [0.2, 0.25) is 5.02 Å². The molecule has 3 atom stereocenters. The Bertz CT molecular complexity index is 849. The summed E-state index contributed by atoms with van der Waals surface area (Å²) in [7, 11) is -2.05. The smallest absolute Gasteiger partial charge is 0.183 e. The van der Waals surface area contributed by atoms with E-state index < -0.39 is 20.6 Å². The molecule has 0 aromatic heterocycles. The third kappa shape index (κ3) is 3.22. The number of nitrogens with two attached hydrogens (primary N) is 1. The number of sulfone groups is 1. The first-order valence-electron chi connectivity index (χ1n) is 8.20. The molecule has 4 nitrogen and oxygen atoms in total. The lowest BCUT2D eigenvalue weighted by Crippen LogP contribution is -2.35. The maximum Gasteiger partial charge on any atom is 0.183 e. The van der Waals surface area contributed by atoms with E-state index in [1.54, 1.807) is 12.1 Å². The first kappa shape index (κ1) is 18.4. The van der Waals surface area contributed by atoms with Crippen molar-refractivity contribution < 1.29 is 13.2 Å². The van der Waals surface area contributed by atoms with Gasteiger partial charge in [0.1, 0.15) is 0 Å². The Morgan fingerprint density at radius 1 is 1.12 bits per heavy atom. The SMILES string of the molecule is CCc1ccc([C@@H]2[C@H](S(=O)(=O)c3ccc(Cl)cc3)[C@@]2(N)COC)cc1. The zero-order valence-corrected chi connectivity index (χ0v) is 15.8. The van der Waals surface area contributed by atoms with E-state index in [1.807, 2.05) is 24.3 Å². The second-order valence-corrected chi connectivity index (χ2v) is 9.04. The van der Waals surface area contributed by atoms with Gasteiger partial charge in [0.15, 0.2) is 9.84 Å². The lowest BCUT2D eigenvalue weighted by atomic mass is 10.0. The minimum absolute atomic E-state index is 0.185. The van der Waals surface area contributed by atoms with Crippen LogP contribution < -0.4 is 5.73 Å². The summed E-state index contributed by atoms with van der Waals surface area (Å²) in [5.41, 5.74) is 7.68. The molecular formula is C19H22ClNO3S. The van der Waals surface area contributed by atoms with E-state index in [9.17, 15) is 8.42 Å². The van der Waals surface area contributed by atoms with Crippen LogP contribution in [0.1, 0.15) is 24.0 Å². The van der Waals surface area contributed by atoms with Crippen molar-refractivity contribution in [2.45, 2.75) is 34.9 Å². The van der Waals surface area contributed by atoms with Crippen molar-refractivity contribution in [2.75, 3.05) is 13.7 Å². The van der Waals surface area contributed by atoms with E-state index in [0.717, 1.165) is 12.0 Å². The van der Waals surface area contributed by atoms with Crippen LogP contribution in [-0.2, 0) is 21.0 Å². The van der Waals surface area contributed by atoms with E-state index in [1.165, 1.54) is 24.8 Å². The highest BCUT2D eigenvalue weighted by Crippen LogP contribution is 2.55. The molecular weight excluding hydrogens is 358 g/mol. The van der Waals surface area contributed by atoms with E-state index in [2.05, 4.69) is 6.92 Å². The average molecular weight is 380 g/mol. The lowest BCUT2D eigenvalue weighted by Gasteiger charge is -2.11. The molecule has 3 rings (SSSR count). The molecule has 1 fully saturated rings. The average Bonchev–Trinajstić information content (AvgIpc) is 3.22. The number of methoxy groups -OCH3 is 1. The molecule has 2 N–H and O–H groups in total. The molecule has 0 unspecified atom stereocenters. The number of benzene rings is 2. The second kappa shape index (κ2) is 6.72. The van der Waals surface area contributed by atoms with E-state index in [4.69, 9.17) is 22.1 Å². The highest BCUT2D eigenvalue weighted by molar-refractivity contribution is 7.92. The van der Waals surface area contributed by atoms with Gasteiger partial charge in [-0.1, -0.05) is 42.8 Å². The summed E-state index contributed by atoms with van der Waals surface area (Å²) in [6.07, 6.45) is 0.934. The van der Waals surface area contributed by atoms with Crippen molar-refractivity contribution in [1.29, 1.82) is 0 Å². The Labute approximate surface area is 153 Å². The Hall–Kier alpha value is -1.40. The summed E-state index contributed by atoms with van der Waals surface area (Å²) >= 11 is 5.88. The van der Waals surface area contributed by atoms with Crippen LogP contribution in [0.15, 0.2) is 53.4 Å². The van der Waals surface area contributed by atoms with E-state index >= 15 is 0 Å². The number of halogens is 1. The predicted octanol–water partition coefficient (Wildman–Crippen LogP) is 3.19. The molecule has 6 heteroatoms. The van der Waals surface area contributed by atoms with Gasteiger partial charge in [-0.2, -0.15) is 0 Å². The first-order valence-corrected chi connectivity index (χ1v) is 10.1. The van der Waals surface area contributed by atoms with Crippen LogP contribution in [0.25, 0.3) is 0 Å². The molecule has 25 heavy (non-hydrogen) atoms. The van der Waals surface area contributed by atoms with Crippen LogP contribution in [0.3, 0.4) is 0 Å². The number of rotatable bonds is 6. The highest BCUT2D eigenvalue weighted by Gasteiger charge is 2.69. The van der Waals surface area contributed by atoms with Gasteiger partial charge in [-0.3, -0.25) is 0 Å². The van der Waals surface area contributed by atoms with Gasteiger partial charge in [-0.05, 0) is 41.8 Å². The van der Waals surface area contributed by atoms with Crippen LogP contribution in [0, 0.1) is 0 Å². The number of hydrogen-bond acceptors (Lipinski definition) is 4. The summed E-state index contributed by atoms with van der Waals surface area (Å²) in [4.78, 5) is 0.237. The summed E-state index contributed by atoms with van der Waals surface area (Å²) in [5, 5.41) is -0.217. The fraction of sp³-hybridized carbons (Fsp3) is 0.368. The fourth-order valence-corrected chi connectivity index (χ4v) is 5.95. The van der Waals surface area contributed by atoms with Gasteiger partial charge in [0.05, 0.1) is 22.3 Å². The van der Waals surface area contributed by atoms with Gasteiger partial charge in [-0.25, -0.2) is 8.42 Å². The monoisotopic (exact) mass is 379 g/mol. The topological polar surface area (TPSA) is 69.4 Å². The maximum absolute atomic E-state index is 13.1. The molecule has 1 aliphatic carbocycles. The van der Waals surface area contributed by atoms with Gasteiger partial charge in [0.25, 0.3) is 0 Å². The molecule has 0 heterocycles. The Kier molecular flexibility index (Phi) is 4.95. The molecule has 0 amide bonds. The van der Waals surface area contributed by atoms with E-state index in [-0.39, 0.29) is 17.4 Å². The molecule has 0 radical (unpaired) electrons. The summed E-state index contributed by atoms with van der Waals surface area (Å²) in [5.74, 6) is -0.293. The van der Waals surface area contributed by atoms with Crippen LogP contribution in [0.5, 0.6) is 0 Å². The van der Waals surface area contributed by atoms with Crippen LogP contribution in [-0.4, -0.2) is 32.9 Å². The Morgan fingerprint density at radius 2 is 1.72 bits per heavy atom. The van der Waals surface area contributed by atoms with Crippen LogP contribution >= 0.6 is 11.6 Å². The first-order chi connectivity index (χ1) is 11.8. The number of ether oxygens (including phenoxy) is 1. The molecule has 134 valence electrons. The Morgan fingerprint density at radius 3 is 2.24 bits per heavy atom. The van der Waals surface area contributed by atoms with Gasteiger partial charge < -0.3 is 10.5 Å². The second-order valence-electron chi connectivity index (χ2n) is 6.54. The number of aryl methyl sites for hydroxylation is 1. The van der Waals surface area contributed by atoms with Crippen molar-refractivity contribution in [3.8, 4) is 0 Å². The molecule has 0 bridgehead atoms. The molecule has 2 aromatic rings. The fourth-order valence-electron chi connectivity index (χ4n) is 3.53. The lowest BCUT2D eigenvalue weighted by molar-refractivity contribution is 0.171. The molecule has 0 aliphatic heterocycles. The normalized spacial score (nSPS) is 25.8. The van der Waals surface area contributed by atoms with Gasteiger partial charge in [0, 0.05) is 18.1 Å². The summed E-state index contributed by atoms with van der Waals surface area (Å²) < 4.78 is 31.5. The Balaban J connectivity index is 1.99. The molecule has 1 saturated carbocycles. The quantitative estimate of drug-likeness (QED) is 0.836. The van der Waals surface area contributed by atoms with Gasteiger partial charge in [0.2, 0.25) is 0 Å². The van der Waals surface area contributed by atoms with Gasteiger partial charge in [-0.15, -0.1) is 0 Å². The van der Waals surface area contributed by atoms with E-state index in [0.29, 0.717) is 5.02 Å². The minimum Gasteiger partial charge on any atom is -0.383 e. The molecule has 2 aromatic carbocycles. The largest absolute Gasteiger partial charge is 0.383 e. The van der Waals surface area contributed by atoms with Crippen molar-refractivity contribution in [3.63, 3.8) is 0 Å². The minimum atomic E-state index is -3.59. The van der Waals surface area contributed by atoms with Crippen molar-refractivity contribution in [2.24, 2.45) is 5.73 Å². The molecule has 0 saturated heterocycles. The zero-order valence-electron chi connectivity index (χ0n) is 14.3. The highest BCUT2D eigenvalue weighted by atomic mass is 35.5. The van der Waals surface area contributed by atoms with Crippen molar-refractivity contribution in [3.05, 3.63) is 64.7 Å². The number of hydrogen-bond donors (Lipinski definition) is 1. The summed E-state index contributed by atoms with van der Waals surface area (Å²) in [6.45, 7) is 2.27. The van der Waals surface area contributed by atoms with Crippen LogP contribution in [0.4, 0.5) is 0 Å². The van der Waals surface area contributed by atoms with Crippen molar-refractivity contribution >= 4 is 21.4 Å². The van der Waals surface area contributed by atoms with Crippen molar-refractivity contribution in [1.82, 2.24) is 0 Å². The zero-order chi connectivity index (χ0) is 18.2. The third-order valence-electron chi connectivity index (χ3n) is 4.92.